The fraction of sp³-hybridized carbons (Fsp3) is 0.294. The predicted octanol–water partition coefficient (Wildman–Crippen LogP) is 1.20. The summed E-state index contributed by atoms with van der Waals surface area (Å²) in [5, 5.41) is 5.55. The maximum absolute atomic E-state index is 11.7. The van der Waals surface area contributed by atoms with Crippen LogP contribution in [0.25, 0.3) is 0 Å². The molecule has 1 heterocycles. The van der Waals surface area contributed by atoms with Gasteiger partial charge in [-0.1, -0.05) is 0 Å². The summed E-state index contributed by atoms with van der Waals surface area (Å²) in [4.78, 5) is 23.3. The molecular weight excluding hydrogens is 320 g/mol. The second kappa shape index (κ2) is 11.1. The minimum atomic E-state index is -0.384. The second-order valence-corrected chi connectivity index (χ2v) is 4.95. The molecule has 10 radical (unpaired) electrons. The fourth-order valence-corrected chi connectivity index (χ4v) is 2.16. The Morgan fingerprint density at radius 2 is 1.59 bits per heavy atom. The molecule has 2 saturated carbocycles. The van der Waals surface area contributed by atoms with Gasteiger partial charge in [-0.2, -0.15) is 0 Å². The summed E-state index contributed by atoms with van der Waals surface area (Å²) in [6.07, 6.45) is 19.8. The Hall–Kier alpha value is -0.541. The zero-order chi connectivity index (χ0) is 14.9. The van der Waals surface area contributed by atoms with Crippen molar-refractivity contribution in [2.75, 3.05) is 6.54 Å². The van der Waals surface area contributed by atoms with E-state index in [0.717, 1.165) is 19.3 Å². The number of carbonyl (C=O) groups is 2. The molecule has 0 aromatic rings. The van der Waals surface area contributed by atoms with Gasteiger partial charge < -0.3 is 10.6 Å². The minimum Gasteiger partial charge on any atom is -0.354 e. The Kier molecular flexibility index (Phi) is 9.81. The van der Waals surface area contributed by atoms with Gasteiger partial charge in [0.25, 0.3) is 0 Å². The van der Waals surface area contributed by atoms with Crippen LogP contribution < -0.4 is 10.6 Å². The van der Waals surface area contributed by atoms with Crippen LogP contribution in [0, 0.1) is 63.7 Å². The third-order valence-corrected chi connectivity index (χ3v) is 3.32. The van der Waals surface area contributed by atoms with Crippen LogP contribution in [0.5, 0.6) is 0 Å². The molecule has 1 aliphatic heterocycles. The molecule has 3 rings (SSSR count). The molecule has 0 aromatic heterocycles. The van der Waals surface area contributed by atoms with Gasteiger partial charge in [0.2, 0.25) is 11.8 Å². The van der Waals surface area contributed by atoms with E-state index in [9.17, 15) is 9.59 Å². The molecule has 2 aliphatic carbocycles. The van der Waals surface area contributed by atoms with E-state index in [0.29, 0.717) is 12.5 Å². The molecule has 1 unspecified atom stereocenters. The average molecular weight is 340 g/mol. The molecule has 5 heteroatoms. The van der Waals surface area contributed by atoms with Crippen molar-refractivity contribution in [3.8, 4) is 0 Å². The summed E-state index contributed by atoms with van der Waals surface area (Å²) in [7, 11) is 0. The van der Waals surface area contributed by atoms with Gasteiger partial charge in [0.05, 0.1) is 5.92 Å². The van der Waals surface area contributed by atoms with E-state index in [1.165, 1.54) is 0 Å². The van der Waals surface area contributed by atoms with Crippen molar-refractivity contribution in [3.63, 3.8) is 0 Å². The van der Waals surface area contributed by atoms with E-state index >= 15 is 0 Å². The van der Waals surface area contributed by atoms with Gasteiger partial charge >= 0.3 is 0 Å². The van der Waals surface area contributed by atoms with Gasteiger partial charge in [-0.05, 0) is 77.0 Å². The molecule has 3 fully saturated rings. The minimum absolute atomic E-state index is 0. The molecule has 118 valence electrons. The van der Waals surface area contributed by atoms with Crippen molar-refractivity contribution >= 4 is 11.8 Å². The summed E-state index contributed by atoms with van der Waals surface area (Å²) in [5.41, 5.74) is 0. The number of nitrogens with one attached hydrogen (secondary N) is 2. The van der Waals surface area contributed by atoms with Crippen LogP contribution in [0.15, 0.2) is 0 Å². The molecule has 1 atom stereocenters. The van der Waals surface area contributed by atoms with Gasteiger partial charge in [0.15, 0.2) is 0 Å². The Balaban J connectivity index is 0.000000344. The van der Waals surface area contributed by atoms with E-state index < -0.39 is 0 Å². The number of hydrogen-bond acceptors (Lipinski definition) is 2. The summed E-state index contributed by atoms with van der Waals surface area (Å²) in [6.45, 7) is 0.710. The molecule has 2 N–H and O–H groups in total. The van der Waals surface area contributed by atoms with Crippen molar-refractivity contribution in [2.45, 2.75) is 25.3 Å². The van der Waals surface area contributed by atoms with E-state index in [1.807, 2.05) is 44.9 Å². The molecule has 2 amide bonds. The molecule has 0 aromatic carbocycles. The maximum atomic E-state index is 11.7. The Labute approximate surface area is 145 Å². The van der Waals surface area contributed by atoms with Crippen molar-refractivity contribution in [3.05, 3.63) is 63.7 Å². The normalized spacial score (nSPS) is 25.3. The van der Waals surface area contributed by atoms with Crippen LogP contribution in [0.4, 0.5) is 0 Å². The smallest absolute Gasteiger partial charge is 0.242 e. The Bertz CT molecular complexity index is 332. The number of rotatable bonds is 2. The largest absolute Gasteiger partial charge is 0.354 e. The van der Waals surface area contributed by atoms with Crippen LogP contribution in [-0.4, -0.2) is 24.4 Å². The quantitative estimate of drug-likeness (QED) is 0.742. The molecule has 0 spiro atoms. The van der Waals surface area contributed by atoms with E-state index in [4.69, 9.17) is 0 Å². The van der Waals surface area contributed by atoms with Gasteiger partial charge in [-0.3, -0.25) is 9.59 Å². The zero-order valence-corrected chi connectivity index (χ0v) is 13.4. The Morgan fingerprint density at radius 3 is 2.18 bits per heavy atom. The molecular formula is C17H20FeN2O2. The molecule has 4 nitrogen and oxygen atoms in total. The van der Waals surface area contributed by atoms with Gasteiger partial charge in [0.1, 0.15) is 6.04 Å². The monoisotopic (exact) mass is 340 g/mol. The topological polar surface area (TPSA) is 58.2 Å². The average Bonchev–Trinajstić information content (AvgIpc) is 3.18. The van der Waals surface area contributed by atoms with Crippen LogP contribution in [0.3, 0.4) is 0 Å². The number of carbonyl (C=O) groups excluding carboxylic acids is 2. The number of amides is 2. The van der Waals surface area contributed by atoms with E-state index in [-0.39, 0.29) is 34.9 Å². The van der Waals surface area contributed by atoms with Gasteiger partial charge in [-0.15, -0.1) is 0 Å². The third-order valence-electron chi connectivity index (χ3n) is 3.32. The zero-order valence-electron chi connectivity index (χ0n) is 12.3. The molecule has 0 bridgehead atoms. The third kappa shape index (κ3) is 6.70. The summed E-state index contributed by atoms with van der Waals surface area (Å²) < 4.78 is 0. The van der Waals surface area contributed by atoms with Crippen molar-refractivity contribution in [1.82, 2.24) is 10.6 Å². The van der Waals surface area contributed by atoms with Gasteiger partial charge in [-0.25, -0.2) is 0 Å². The number of hydrogen-bond donors (Lipinski definition) is 2. The first kappa shape index (κ1) is 19.5. The van der Waals surface area contributed by atoms with Crippen molar-refractivity contribution in [2.24, 2.45) is 0 Å². The Morgan fingerprint density at radius 1 is 1.00 bits per heavy atom. The summed E-state index contributed by atoms with van der Waals surface area (Å²) in [5.74, 6) is 0.363. The SMILES string of the molecule is O=C(NC1CCCCNC1=O)[C]1[CH][CH][CH][CH]1.[CH]1[CH][CH][CH][CH]1.[Fe]. The molecule has 3 aliphatic rings. The molecule has 22 heavy (non-hydrogen) atoms. The first-order valence-corrected chi connectivity index (χ1v) is 7.24. The van der Waals surface area contributed by atoms with Crippen LogP contribution in [0.1, 0.15) is 19.3 Å². The fourth-order valence-electron chi connectivity index (χ4n) is 2.16. The van der Waals surface area contributed by atoms with E-state index in [1.54, 1.807) is 12.8 Å². The second-order valence-electron chi connectivity index (χ2n) is 4.95. The van der Waals surface area contributed by atoms with Crippen LogP contribution >= 0.6 is 0 Å². The first-order valence-electron chi connectivity index (χ1n) is 7.24. The summed E-state index contributed by atoms with van der Waals surface area (Å²) in [6, 6.07) is -0.384. The van der Waals surface area contributed by atoms with Crippen LogP contribution in [-0.2, 0) is 26.7 Å². The first-order chi connectivity index (χ1) is 10.3. The standard InChI is InChI=1S/C12H15N2O2.C5H5.Fe/c15-11(9-5-1-2-6-9)14-10-7-3-4-8-13-12(10)16;1-2-4-5-3-1;/h1-2,5-6,10H,3-4,7-8H2,(H,13,16)(H,14,15);1-5H;. The van der Waals surface area contributed by atoms with Gasteiger partial charge in [0, 0.05) is 23.6 Å². The predicted molar refractivity (Wildman–Crippen MR) is 80.7 cm³/mol. The van der Waals surface area contributed by atoms with Crippen LogP contribution in [0.2, 0.25) is 0 Å². The van der Waals surface area contributed by atoms with E-state index in [2.05, 4.69) is 10.6 Å². The molecule has 1 saturated heterocycles. The van der Waals surface area contributed by atoms with Crippen molar-refractivity contribution < 1.29 is 26.7 Å². The van der Waals surface area contributed by atoms with Crippen molar-refractivity contribution in [1.29, 1.82) is 0 Å². The maximum Gasteiger partial charge on any atom is 0.242 e. The summed E-state index contributed by atoms with van der Waals surface area (Å²) >= 11 is 0.